The van der Waals surface area contributed by atoms with Crippen LogP contribution in [-0.2, 0) is 7.05 Å². The Kier molecular flexibility index (Phi) is 1.48. The summed E-state index contributed by atoms with van der Waals surface area (Å²) in [4.78, 5) is 0. The Morgan fingerprint density at radius 2 is 2.25 bits per heavy atom. The summed E-state index contributed by atoms with van der Waals surface area (Å²) in [5.74, 6) is 0. The van der Waals surface area contributed by atoms with Crippen LogP contribution in [0.4, 0.5) is 0 Å². The van der Waals surface area contributed by atoms with Gasteiger partial charge in [0.2, 0.25) is 0 Å². The minimum atomic E-state index is 0.132. The van der Waals surface area contributed by atoms with Crippen LogP contribution >= 0.6 is 11.6 Å². The van der Waals surface area contributed by atoms with Gasteiger partial charge in [0.25, 0.3) is 5.68 Å². The lowest BCUT2D eigenvalue weighted by Crippen LogP contribution is -2.08. The Morgan fingerprint density at radius 3 is 3.00 bits per heavy atom. The fraction of sp³-hybridized carbons (Fsp3) is 0.125. The van der Waals surface area contributed by atoms with Crippen molar-refractivity contribution in [3.8, 4) is 0 Å². The molecule has 2 rings (SSSR count). The van der Waals surface area contributed by atoms with Crippen LogP contribution in [0, 0.1) is 5.41 Å². The number of hydrogen-bond donors (Lipinski definition) is 1. The van der Waals surface area contributed by atoms with Gasteiger partial charge in [0.05, 0.1) is 5.52 Å². The van der Waals surface area contributed by atoms with Crippen molar-refractivity contribution in [2.75, 3.05) is 0 Å². The second-order valence-electron chi connectivity index (χ2n) is 2.58. The molecule has 0 fully saturated rings. The Labute approximate surface area is 73.7 Å². The Bertz CT molecular complexity index is 483. The molecule has 0 amide bonds. The molecular formula is C8H7ClN2O. The highest BCUT2D eigenvalue weighted by atomic mass is 35.5. The van der Waals surface area contributed by atoms with Gasteiger partial charge < -0.3 is 4.42 Å². The van der Waals surface area contributed by atoms with E-state index in [1.807, 2.05) is 0 Å². The normalized spacial score (nSPS) is 10.8. The van der Waals surface area contributed by atoms with Gasteiger partial charge in [-0.05, 0) is 18.2 Å². The van der Waals surface area contributed by atoms with Crippen LogP contribution in [0.1, 0.15) is 0 Å². The highest BCUT2D eigenvalue weighted by molar-refractivity contribution is 6.31. The molecule has 4 heteroatoms. The molecule has 0 aliphatic heterocycles. The van der Waals surface area contributed by atoms with E-state index in [0.717, 1.165) is 5.52 Å². The van der Waals surface area contributed by atoms with Crippen molar-refractivity contribution in [2.24, 2.45) is 7.05 Å². The minimum absolute atomic E-state index is 0.132. The first-order valence-corrected chi connectivity index (χ1v) is 3.86. The summed E-state index contributed by atoms with van der Waals surface area (Å²) < 4.78 is 6.76. The van der Waals surface area contributed by atoms with Gasteiger partial charge in [-0.15, -0.1) is 0 Å². The SMILES string of the molecule is Cn1c(=N)oc2ccc(Cl)cc21. The summed E-state index contributed by atoms with van der Waals surface area (Å²) in [7, 11) is 1.77. The Hall–Kier alpha value is -1.22. The van der Waals surface area contributed by atoms with Crippen molar-refractivity contribution in [2.45, 2.75) is 0 Å². The molecule has 0 radical (unpaired) electrons. The van der Waals surface area contributed by atoms with Crippen LogP contribution in [0.15, 0.2) is 22.6 Å². The monoisotopic (exact) mass is 182 g/mol. The molecule has 12 heavy (non-hydrogen) atoms. The van der Waals surface area contributed by atoms with Crippen molar-refractivity contribution in [1.29, 1.82) is 5.41 Å². The van der Waals surface area contributed by atoms with Gasteiger partial charge in [0, 0.05) is 12.1 Å². The molecule has 2 aromatic rings. The Balaban J connectivity index is 2.98. The topological polar surface area (TPSA) is 41.9 Å². The minimum Gasteiger partial charge on any atom is -0.424 e. The summed E-state index contributed by atoms with van der Waals surface area (Å²) in [6.45, 7) is 0. The molecule has 0 saturated carbocycles. The summed E-state index contributed by atoms with van der Waals surface area (Å²) >= 11 is 5.78. The van der Waals surface area contributed by atoms with Gasteiger partial charge in [-0.3, -0.25) is 9.98 Å². The van der Waals surface area contributed by atoms with Gasteiger partial charge in [-0.25, -0.2) is 0 Å². The number of aromatic nitrogens is 1. The maximum absolute atomic E-state index is 7.37. The van der Waals surface area contributed by atoms with Gasteiger partial charge in [-0.1, -0.05) is 11.6 Å². The first kappa shape index (κ1) is 7.43. The Morgan fingerprint density at radius 1 is 1.50 bits per heavy atom. The van der Waals surface area contributed by atoms with E-state index < -0.39 is 0 Å². The summed E-state index contributed by atoms with van der Waals surface area (Å²) in [6.07, 6.45) is 0. The number of hydrogen-bond acceptors (Lipinski definition) is 2. The van der Waals surface area contributed by atoms with E-state index in [1.54, 1.807) is 29.8 Å². The van der Waals surface area contributed by atoms with Crippen molar-refractivity contribution >= 4 is 22.7 Å². The number of halogens is 1. The second-order valence-corrected chi connectivity index (χ2v) is 3.01. The predicted molar refractivity (Wildman–Crippen MR) is 46.0 cm³/mol. The molecule has 62 valence electrons. The van der Waals surface area contributed by atoms with Crippen LogP contribution < -0.4 is 5.68 Å². The average molecular weight is 183 g/mol. The van der Waals surface area contributed by atoms with Crippen molar-refractivity contribution < 1.29 is 4.42 Å². The summed E-state index contributed by atoms with van der Waals surface area (Å²) in [5, 5.41) is 8.02. The molecule has 0 spiro atoms. The number of aryl methyl sites for hydroxylation is 1. The molecular weight excluding hydrogens is 176 g/mol. The third-order valence-corrected chi connectivity index (χ3v) is 2.03. The number of fused-ring (bicyclic) bond motifs is 1. The number of nitrogens with zero attached hydrogens (tertiary/aromatic N) is 1. The fourth-order valence-electron chi connectivity index (χ4n) is 1.12. The number of rotatable bonds is 0. The van der Waals surface area contributed by atoms with E-state index in [1.165, 1.54) is 0 Å². The number of benzene rings is 1. The zero-order chi connectivity index (χ0) is 8.72. The highest BCUT2D eigenvalue weighted by Crippen LogP contribution is 2.17. The van der Waals surface area contributed by atoms with Crippen LogP contribution in [-0.4, -0.2) is 4.57 Å². The van der Waals surface area contributed by atoms with E-state index in [4.69, 9.17) is 21.4 Å². The van der Waals surface area contributed by atoms with Crippen LogP contribution in [0.2, 0.25) is 5.02 Å². The number of oxazole rings is 1. The first-order valence-electron chi connectivity index (χ1n) is 3.48. The summed E-state index contributed by atoms with van der Waals surface area (Å²) in [6, 6.07) is 5.28. The molecule has 0 bridgehead atoms. The molecule has 0 atom stereocenters. The zero-order valence-electron chi connectivity index (χ0n) is 6.47. The molecule has 0 aliphatic rings. The van der Waals surface area contributed by atoms with E-state index in [2.05, 4.69) is 0 Å². The first-order chi connectivity index (χ1) is 5.68. The molecule has 3 nitrogen and oxygen atoms in total. The summed E-state index contributed by atoms with van der Waals surface area (Å²) in [5.41, 5.74) is 1.66. The van der Waals surface area contributed by atoms with E-state index in [9.17, 15) is 0 Å². The lowest BCUT2D eigenvalue weighted by atomic mass is 10.3. The van der Waals surface area contributed by atoms with Crippen molar-refractivity contribution in [3.05, 3.63) is 28.9 Å². The average Bonchev–Trinajstić information content (AvgIpc) is 2.31. The van der Waals surface area contributed by atoms with Gasteiger partial charge in [-0.2, -0.15) is 0 Å². The standard InChI is InChI=1S/C8H7ClN2O/c1-11-6-4-5(9)2-3-7(6)12-8(11)10/h2-4,10H,1H3. The van der Waals surface area contributed by atoms with E-state index in [0.29, 0.717) is 10.6 Å². The molecule has 1 N–H and O–H groups in total. The fourth-order valence-corrected chi connectivity index (χ4v) is 1.29. The molecule has 0 saturated heterocycles. The smallest absolute Gasteiger partial charge is 0.294 e. The van der Waals surface area contributed by atoms with E-state index >= 15 is 0 Å². The molecule has 1 aromatic carbocycles. The highest BCUT2D eigenvalue weighted by Gasteiger charge is 2.02. The largest absolute Gasteiger partial charge is 0.424 e. The van der Waals surface area contributed by atoms with E-state index in [-0.39, 0.29) is 5.68 Å². The second kappa shape index (κ2) is 2.38. The maximum Gasteiger partial charge on any atom is 0.294 e. The van der Waals surface area contributed by atoms with Crippen LogP contribution in [0.25, 0.3) is 11.1 Å². The predicted octanol–water partition coefficient (Wildman–Crippen LogP) is 1.90. The van der Waals surface area contributed by atoms with Gasteiger partial charge >= 0.3 is 0 Å². The van der Waals surface area contributed by atoms with Gasteiger partial charge in [0.15, 0.2) is 5.58 Å². The molecule has 0 aliphatic carbocycles. The van der Waals surface area contributed by atoms with Crippen LogP contribution in [0.5, 0.6) is 0 Å². The third kappa shape index (κ3) is 0.940. The molecule has 0 unspecified atom stereocenters. The third-order valence-electron chi connectivity index (χ3n) is 1.79. The van der Waals surface area contributed by atoms with Crippen molar-refractivity contribution in [1.82, 2.24) is 4.57 Å². The maximum atomic E-state index is 7.37. The van der Waals surface area contributed by atoms with Crippen LogP contribution in [0.3, 0.4) is 0 Å². The molecule has 1 heterocycles. The zero-order valence-corrected chi connectivity index (χ0v) is 7.22. The van der Waals surface area contributed by atoms with Gasteiger partial charge in [0.1, 0.15) is 0 Å². The quantitative estimate of drug-likeness (QED) is 0.665. The van der Waals surface area contributed by atoms with Crippen molar-refractivity contribution in [3.63, 3.8) is 0 Å². The molecule has 1 aromatic heterocycles. The number of nitrogens with one attached hydrogen (secondary N) is 1. The lowest BCUT2D eigenvalue weighted by Gasteiger charge is -1.91. The lowest BCUT2D eigenvalue weighted by molar-refractivity contribution is 0.496.